The maximum atomic E-state index is 13.1. The highest BCUT2D eigenvalue weighted by molar-refractivity contribution is 5.22. The van der Waals surface area contributed by atoms with Crippen LogP contribution in [-0.2, 0) is 20.0 Å². The normalized spacial score (nSPS) is 12.9. The summed E-state index contributed by atoms with van der Waals surface area (Å²) in [6, 6.07) is 6.96. The predicted octanol–water partition coefficient (Wildman–Crippen LogP) is 3.61. The lowest BCUT2D eigenvalue weighted by Gasteiger charge is -2.23. The van der Waals surface area contributed by atoms with Gasteiger partial charge in [0.15, 0.2) is 0 Å². The molecule has 114 valence electrons. The number of nitrogens with zero attached hydrogens (tertiary/aromatic N) is 2. The number of hydrogen-bond donors (Lipinski definition) is 1. The van der Waals surface area contributed by atoms with Gasteiger partial charge in [-0.25, -0.2) is 4.39 Å². The first-order chi connectivity index (χ1) is 10.0. The molecule has 2 rings (SSSR count). The SMILES string of the molecule is CCc1nn(C)cc1CNC(c1ccc(F)cc1)C(C)C. The summed E-state index contributed by atoms with van der Waals surface area (Å²) in [7, 11) is 1.95. The maximum Gasteiger partial charge on any atom is 0.123 e. The van der Waals surface area contributed by atoms with Crippen molar-refractivity contribution in [3.05, 3.63) is 53.1 Å². The summed E-state index contributed by atoms with van der Waals surface area (Å²) in [6.07, 6.45) is 2.99. The molecule has 0 spiro atoms. The quantitative estimate of drug-likeness (QED) is 0.880. The van der Waals surface area contributed by atoms with Crippen molar-refractivity contribution in [1.82, 2.24) is 15.1 Å². The fourth-order valence-corrected chi connectivity index (χ4v) is 2.66. The molecule has 0 aliphatic rings. The fraction of sp³-hybridized carbons (Fsp3) is 0.471. The van der Waals surface area contributed by atoms with Crippen LogP contribution in [0.3, 0.4) is 0 Å². The summed E-state index contributed by atoms with van der Waals surface area (Å²) in [5.74, 6) is 0.235. The molecule has 0 saturated carbocycles. The van der Waals surface area contributed by atoms with Gasteiger partial charge in [-0.15, -0.1) is 0 Å². The Balaban J connectivity index is 2.11. The fourth-order valence-electron chi connectivity index (χ4n) is 2.66. The van der Waals surface area contributed by atoms with Crippen molar-refractivity contribution in [3.8, 4) is 0 Å². The maximum absolute atomic E-state index is 13.1. The molecule has 0 aliphatic carbocycles. The molecule has 0 radical (unpaired) electrons. The molecule has 1 N–H and O–H groups in total. The van der Waals surface area contributed by atoms with Crippen molar-refractivity contribution in [2.24, 2.45) is 13.0 Å². The number of benzene rings is 1. The first-order valence-corrected chi connectivity index (χ1v) is 7.51. The summed E-state index contributed by atoms with van der Waals surface area (Å²) in [5, 5.41) is 8.05. The van der Waals surface area contributed by atoms with Crippen LogP contribution in [0, 0.1) is 11.7 Å². The molecule has 0 aliphatic heterocycles. The molecule has 0 saturated heterocycles. The Hall–Kier alpha value is -1.68. The number of halogens is 1. The minimum atomic E-state index is -0.193. The lowest BCUT2D eigenvalue weighted by molar-refractivity contribution is 0.409. The highest BCUT2D eigenvalue weighted by Crippen LogP contribution is 2.22. The zero-order chi connectivity index (χ0) is 15.4. The van der Waals surface area contributed by atoms with Crippen LogP contribution < -0.4 is 5.32 Å². The monoisotopic (exact) mass is 289 g/mol. The van der Waals surface area contributed by atoms with Crippen LogP contribution >= 0.6 is 0 Å². The van der Waals surface area contributed by atoms with Crippen LogP contribution in [0.4, 0.5) is 4.39 Å². The lowest BCUT2D eigenvalue weighted by atomic mass is 9.95. The van der Waals surface area contributed by atoms with Crippen molar-refractivity contribution in [2.45, 2.75) is 39.8 Å². The second-order valence-corrected chi connectivity index (χ2v) is 5.78. The molecule has 21 heavy (non-hydrogen) atoms. The van der Waals surface area contributed by atoms with Crippen LogP contribution in [0.15, 0.2) is 30.5 Å². The molecule has 0 amide bonds. The van der Waals surface area contributed by atoms with Crippen molar-refractivity contribution >= 4 is 0 Å². The van der Waals surface area contributed by atoms with Gasteiger partial charge >= 0.3 is 0 Å². The molecule has 0 bridgehead atoms. The van der Waals surface area contributed by atoms with E-state index >= 15 is 0 Å². The van der Waals surface area contributed by atoms with Crippen LogP contribution in [0.2, 0.25) is 0 Å². The lowest BCUT2D eigenvalue weighted by Crippen LogP contribution is -2.25. The standard InChI is InChI=1S/C17H24FN3/c1-5-16-14(11-21(4)20-16)10-19-17(12(2)3)13-6-8-15(18)9-7-13/h6-9,11-12,17,19H,5,10H2,1-4H3. The number of aromatic nitrogens is 2. The van der Waals surface area contributed by atoms with Gasteiger partial charge in [-0.05, 0) is 30.0 Å². The average molecular weight is 289 g/mol. The van der Waals surface area contributed by atoms with Crippen molar-refractivity contribution in [3.63, 3.8) is 0 Å². The zero-order valence-corrected chi connectivity index (χ0v) is 13.2. The summed E-state index contributed by atoms with van der Waals surface area (Å²) in [5.41, 5.74) is 3.48. The molecule has 1 unspecified atom stereocenters. The van der Waals surface area contributed by atoms with Gasteiger partial charge < -0.3 is 5.32 Å². The number of nitrogens with one attached hydrogen (secondary N) is 1. The van der Waals surface area contributed by atoms with E-state index in [0.29, 0.717) is 5.92 Å². The highest BCUT2D eigenvalue weighted by Gasteiger charge is 2.16. The number of aryl methyl sites for hydroxylation is 2. The van der Waals surface area contributed by atoms with Gasteiger partial charge in [0.1, 0.15) is 5.82 Å². The number of rotatable bonds is 6. The first kappa shape index (κ1) is 15.7. The van der Waals surface area contributed by atoms with Crippen molar-refractivity contribution in [1.29, 1.82) is 0 Å². The molecule has 1 atom stereocenters. The molecule has 3 nitrogen and oxygen atoms in total. The van der Waals surface area contributed by atoms with E-state index in [9.17, 15) is 4.39 Å². The van der Waals surface area contributed by atoms with Crippen LogP contribution in [0.25, 0.3) is 0 Å². The summed E-state index contributed by atoms with van der Waals surface area (Å²) in [6.45, 7) is 7.24. The minimum absolute atomic E-state index is 0.193. The second kappa shape index (κ2) is 6.85. The Labute approximate surface area is 126 Å². The highest BCUT2D eigenvalue weighted by atomic mass is 19.1. The minimum Gasteiger partial charge on any atom is -0.306 e. The van der Waals surface area contributed by atoms with E-state index < -0.39 is 0 Å². The van der Waals surface area contributed by atoms with Crippen LogP contribution in [0.5, 0.6) is 0 Å². The van der Waals surface area contributed by atoms with Crippen molar-refractivity contribution in [2.75, 3.05) is 0 Å². The van der Waals surface area contributed by atoms with Gasteiger partial charge in [0.2, 0.25) is 0 Å². The van der Waals surface area contributed by atoms with Gasteiger partial charge in [0.05, 0.1) is 5.69 Å². The van der Waals surface area contributed by atoms with E-state index in [0.717, 1.165) is 24.2 Å². The molecule has 0 fully saturated rings. The molecule has 4 heteroatoms. The van der Waals surface area contributed by atoms with E-state index in [1.807, 2.05) is 23.9 Å². The Morgan fingerprint density at radius 1 is 1.24 bits per heavy atom. The predicted molar refractivity (Wildman–Crippen MR) is 83.4 cm³/mol. The molecular formula is C17H24FN3. The third-order valence-electron chi connectivity index (χ3n) is 3.73. The van der Waals surface area contributed by atoms with E-state index in [2.05, 4.69) is 37.4 Å². The van der Waals surface area contributed by atoms with Gasteiger partial charge in [0.25, 0.3) is 0 Å². The van der Waals surface area contributed by atoms with Gasteiger partial charge in [-0.1, -0.05) is 32.9 Å². The van der Waals surface area contributed by atoms with E-state index in [-0.39, 0.29) is 11.9 Å². The largest absolute Gasteiger partial charge is 0.306 e. The van der Waals surface area contributed by atoms with E-state index in [1.54, 1.807) is 0 Å². The smallest absolute Gasteiger partial charge is 0.123 e. The summed E-state index contributed by atoms with van der Waals surface area (Å²) >= 11 is 0. The van der Waals surface area contributed by atoms with Gasteiger partial charge in [-0.2, -0.15) is 5.10 Å². The molecule has 2 aromatic rings. The summed E-state index contributed by atoms with van der Waals surface area (Å²) in [4.78, 5) is 0. The Bertz CT molecular complexity index is 572. The zero-order valence-electron chi connectivity index (χ0n) is 13.2. The summed E-state index contributed by atoms with van der Waals surface area (Å²) < 4.78 is 14.9. The van der Waals surface area contributed by atoms with Gasteiger partial charge in [-0.3, -0.25) is 4.68 Å². The number of hydrogen-bond acceptors (Lipinski definition) is 2. The topological polar surface area (TPSA) is 29.9 Å². The van der Waals surface area contributed by atoms with Crippen LogP contribution in [-0.4, -0.2) is 9.78 Å². The average Bonchev–Trinajstić information content (AvgIpc) is 2.81. The molecule has 1 heterocycles. The van der Waals surface area contributed by atoms with E-state index in [1.165, 1.54) is 17.7 Å². The first-order valence-electron chi connectivity index (χ1n) is 7.51. The molecule has 1 aromatic heterocycles. The molecule has 1 aromatic carbocycles. The van der Waals surface area contributed by atoms with E-state index in [4.69, 9.17) is 0 Å². The van der Waals surface area contributed by atoms with Crippen molar-refractivity contribution < 1.29 is 4.39 Å². The Morgan fingerprint density at radius 2 is 1.90 bits per heavy atom. The Morgan fingerprint density at radius 3 is 2.48 bits per heavy atom. The Kier molecular flexibility index (Phi) is 5.12. The van der Waals surface area contributed by atoms with Gasteiger partial charge in [0, 0.05) is 31.4 Å². The molecular weight excluding hydrogens is 265 g/mol. The van der Waals surface area contributed by atoms with Crippen LogP contribution in [0.1, 0.15) is 43.6 Å². The third kappa shape index (κ3) is 3.91. The third-order valence-corrected chi connectivity index (χ3v) is 3.73. The second-order valence-electron chi connectivity index (χ2n) is 5.78.